The lowest BCUT2D eigenvalue weighted by molar-refractivity contribution is 0.0950. The first-order chi connectivity index (χ1) is 12.0. The Kier molecular flexibility index (Phi) is 5.08. The van der Waals surface area contributed by atoms with Gasteiger partial charge in [0.25, 0.3) is 5.91 Å². The number of aromatic nitrogens is 1. The Morgan fingerprint density at radius 3 is 2.60 bits per heavy atom. The van der Waals surface area contributed by atoms with Crippen LogP contribution in [0.4, 0.5) is 0 Å². The Hall–Kier alpha value is -2.75. The first-order valence-corrected chi connectivity index (χ1v) is 8.64. The van der Waals surface area contributed by atoms with Crippen LogP contribution in [0.15, 0.2) is 48.5 Å². The van der Waals surface area contributed by atoms with E-state index in [1.54, 1.807) is 0 Å². The quantitative estimate of drug-likeness (QED) is 0.707. The van der Waals surface area contributed by atoms with Crippen molar-refractivity contribution >= 4 is 16.8 Å². The molecule has 2 aromatic carbocycles. The zero-order valence-corrected chi connectivity index (χ0v) is 14.9. The molecule has 1 amide bonds. The average Bonchev–Trinajstić information content (AvgIpc) is 2.99. The van der Waals surface area contributed by atoms with E-state index in [1.807, 2.05) is 63.2 Å². The van der Waals surface area contributed by atoms with Crippen LogP contribution in [-0.2, 0) is 6.42 Å². The molecule has 130 valence electrons. The van der Waals surface area contributed by atoms with E-state index in [9.17, 15) is 4.79 Å². The van der Waals surface area contributed by atoms with Gasteiger partial charge in [-0.05, 0) is 63.1 Å². The summed E-state index contributed by atoms with van der Waals surface area (Å²) in [6.45, 7) is 6.66. The van der Waals surface area contributed by atoms with Gasteiger partial charge in [0, 0.05) is 17.4 Å². The summed E-state index contributed by atoms with van der Waals surface area (Å²) in [6, 6.07) is 16.0. The fraction of sp³-hybridized carbons (Fsp3) is 0.286. The second kappa shape index (κ2) is 7.43. The van der Waals surface area contributed by atoms with Gasteiger partial charge in [-0.2, -0.15) is 0 Å². The lowest BCUT2D eigenvalue weighted by Gasteiger charge is -2.10. The highest BCUT2D eigenvalue weighted by Crippen LogP contribution is 2.17. The van der Waals surface area contributed by atoms with E-state index >= 15 is 0 Å². The molecule has 0 bridgehead atoms. The van der Waals surface area contributed by atoms with Crippen LogP contribution in [0.25, 0.3) is 10.9 Å². The van der Waals surface area contributed by atoms with E-state index in [-0.39, 0.29) is 12.0 Å². The Morgan fingerprint density at radius 1 is 1.12 bits per heavy atom. The van der Waals surface area contributed by atoms with Gasteiger partial charge in [0.1, 0.15) is 11.4 Å². The highest BCUT2D eigenvalue weighted by Gasteiger charge is 2.09. The lowest BCUT2D eigenvalue weighted by Crippen LogP contribution is -2.25. The van der Waals surface area contributed by atoms with Crippen LogP contribution in [0.3, 0.4) is 0 Å². The highest BCUT2D eigenvalue weighted by molar-refractivity contribution is 5.98. The summed E-state index contributed by atoms with van der Waals surface area (Å²) < 4.78 is 5.63. The maximum absolute atomic E-state index is 12.3. The van der Waals surface area contributed by atoms with E-state index in [2.05, 4.69) is 16.4 Å². The lowest BCUT2D eigenvalue weighted by atomic mass is 10.1. The van der Waals surface area contributed by atoms with Crippen molar-refractivity contribution in [3.05, 3.63) is 65.4 Å². The molecule has 0 atom stereocenters. The van der Waals surface area contributed by atoms with Crippen molar-refractivity contribution < 1.29 is 9.53 Å². The van der Waals surface area contributed by atoms with Gasteiger partial charge in [-0.15, -0.1) is 0 Å². The smallest absolute Gasteiger partial charge is 0.267 e. The predicted octanol–water partition coefficient (Wildman–Crippen LogP) is 4.24. The zero-order chi connectivity index (χ0) is 17.8. The van der Waals surface area contributed by atoms with Gasteiger partial charge in [-0.25, -0.2) is 0 Å². The molecule has 0 aliphatic heterocycles. The van der Waals surface area contributed by atoms with Gasteiger partial charge in [-0.3, -0.25) is 4.79 Å². The summed E-state index contributed by atoms with van der Waals surface area (Å²) in [5.41, 5.74) is 3.94. The number of benzene rings is 2. The number of carbonyl (C=O) groups excluding carboxylic acids is 1. The third-order valence-corrected chi connectivity index (χ3v) is 4.02. The Labute approximate surface area is 148 Å². The van der Waals surface area contributed by atoms with Crippen LogP contribution < -0.4 is 10.1 Å². The van der Waals surface area contributed by atoms with E-state index in [1.165, 1.54) is 11.1 Å². The second-order valence-electron chi connectivity index (χ2n) is 6.59. The summed E-state index contributed by atoms with van der Waals surface area (Å²) in [7, 11) is 0. The molecular formula is C21H24N2O2. The Morgan fingerprint density at radius 2 is 1.88 bits per heavy atom. The molecule has 0 saturated carbocycles. The van der Waals surface area contributed by atoms with Crippen molar-refractivity contribution in [1.29, 1.82) is 0 Å². The van der Waals surface area contributed by atoms with Crippen molar-refractivity contribution in [1.82, 2.24) is 10.3 Å². The molecule has 0 saturated heterocycles. The van der Waals surface area contributed by atoms with Crippen LogP contribution in [-0.4, -0.2) is 23.5 Å². The van der Waals surface area contributed by atoms with Crippen LogP contribution in [0.5, 0.6) is 5.75 Å². The van der Waals surface area contributed by atoms with Crippen LogP contribution in [0.1, 0.15) is 35.5 Å². The van der Waals surface area contributed by atoms with Crippen molar-refractivity contribution in [2.24, 2.45) is 0 Å². The highest BCUT2D eigenvalue weighted by atomic mass is 16.5. The van der Waals surface area contributed by atoms with E-state index in [0.29, 0.717) is 12.2 Å². The van der Waals surface area contributed by atoms with Crippen LogP contribution >= 0.6 is 0 Å². The average molecular weight is 336 g/mol. The number of nitrogens with one attached hydrogen (secondary N) is 2. The molecule has 0 unspecified atom stereocenters. The number of hydrogen-bond donors (Lipinski definition) is 2. The van der Waals surface area contributed by atoms with E-state index < -0.39 is 0 Å². The molecule has 25 heavy (non-hydrogen) atoms. The molecule has 0 radical (unpaired) electrons. The Bertz CT molecular complexity index is 863. The molecule has 4 heteroatoms. The number of ether oxygens (including phenoxy) is 1. The van der Waals surface area contributed by atoms with Gasteiger partial charge in [0.05, 0.1) is 6.10 Å². The summed E-state index contributed by atoms with van der Waals surface area (Å²) in [6.07, 6.45) is 0.956. The van der Waals surface area contributed by atoms with Gasteiger partial charge < -0.3 is 15.0 Å². The monoisotopic (exact) mass is 336 g/mol. The normalized spacial score (nSPS) is 11.0. The fourth-order valence-corrected chi connectivity index (χ4v) is 2.80. The van der Waals surface area contributed by atoms with Crippen molar-refractivity contribution in [2.45, 2.75) is 33.3 Å². The molecular weight excluding hydrogens is 312 g/mol. The van der Waals surface area contributed by atoms with Gasteiger partial charge in [0.2, 0.25) is 0 Å². The van der Waals surface area contributed by atoms with Crippen LogP contribution in [0, 0.1) is 6.92 Å². The van der Waals surface area contributed by atoms with E-state index in [4.69, 9.17) is 4.74 Å². The maximum Gasteiger partial charge on any atom is 0.267 e. The molecule has 1 aromatic heterocycles. The molecule has 0 spiro atoms. The minimum absolute atomic E-state index is 0.0754. The number of aryl methyl sites for hydroxylation is 1. The largest absolute Gasteiger partial charge is 0.491 e. The molecule has 1 heterocycles. The molecule has 4 nitrogen and oxygen atoms in total. The van der Waals surface area contributed by atoms with Crippen molar-refractivity contribution in [3.8, 4) is 5.75 Å². The van der Waals surface area contributed by atoms with Gasteiger partial charge in [0.15, 0.2) is 0 Å². The number of rotatable bonds is 6. The minimum atomic E-state index is -0.0754. The maximum atomic E-state index is 12.3. The van der Waals surface area contributed by atoms with E-state index in [0.717, 1.165) is 23.1 Å². The molecule has 2 N–H and O–H groups in total. The van der Waals surface area contributed by atoms with Gasteiger partial charge in [-0.1, -0.05) is 23.8 Å². The standard InChI is InChI=1S/C21H24N2O2/c1-14(2)25-18-7-5-16(6-8-18)10-11-22-21(24)20-13-17-12-15(3)4-9-19(17)23-20/h4-9,12-14,23H,10-11H2,1-3H3,(H,22,24). The fourth-order valence-electron chi connectivity index (χ4n) is 2.80. The van der Waals surface area contributed by atoms with Gasteiger partial charge >= 0.3 is 0 Å². The SMILES string of the molecule is Cc1ccc2[nH]c(C(=O)NCCc3ccc(OC(C)C)cc3)cc2c1. The summed E-state index contributed by atoms with van der Waals surface area (Å²) in [4.78, 5) is 15.5. The molecule has 0 fully saturated rings. The number of amides is 1. The molecule has 3 aromatic rings. The number of carbonyl (C=O) groups is 1. The van der Waals surface area contributed by atoms with Crippen LogP contribution in [0.2, 0.25) is 0 Å². The minimum Gasteiger partial charge on any atom is -0.491 e. The number of hydrogen-bond acceptors (Lipinski definition) is 2. The molecule has 0 aliphatic rings. The predicted molar refractivity (Wildman–Crippen MR) is 101 cm³/mol. The molecule has 3 rings (SSSR count). The summed E-state index contributed by atoms with van der Waals surface area (Å²) in [5.74, 6) is 0.796. The topological polar surface area (TPSA) is 54.1 Å². The summed E-state index contributed by atoms with van der Waals surface area (Å²) >= 11 is 0. The molecule has 0 aliphatic carbocycles. The second-order valence-corrected chi connectivity index (χ2v) is 6.59. The first kappa shape index (κ1) is 17.1. The van der Waals surface area contributed by atoms with Crippen molar-refractivity contribution in [2.75, 3.05) is 6.54 Å². The zero-order valence-electron chi connectivity index (χ0n) is 14.9. The first-order valence-electron chi connectivity index (χ1n) is 8.64. The number of fused-ring (bicyclic) bond motifs is 1. The summed E-state index contributed by atoms with van der Waals surface area (Å²) in [5, 5.41) is 4.03. The third kappa shape index (κ3) is 4.41. The third-order valence-electron chi connectivity index (χ3n) is 4.02. The number of H-pyrrole nitrogens is 1. The van der Waals surface area contributed by atoms with Crippen molar-refractivity contribution in [3.63, 3.8) is 0 Å². The number of aromatic amines is 1. The Balaban J connectivity index is 1.54.